The molecule has 0 aromatic carbocycles. The molecule has 34 heavy (non-hydrogen) atoms. The van der Waals surface area contributed by atoms with Crippen molar-refractivity contribution in [3.8, 4) is 10.4 Å². The van der Waals surface area contributed by atoms with Crippen molar-refractivity contribution in [1.82, 2.24) is 25.2 Å². The Hall–Kier alpha value is -3.09. The zero-order chi connectivity index (χ0) is 24.1. The molecule has 4 rings (SSSR count). The van der Waals surface area contributed by atoms with Crippen LogP contribution in [0.2, 0.25) is 0 Å². The minimum absolute atomic E-state index is 0.0398. The van der Waals surface area contributed by atoms with Gasteiger partial charge in [-0.3, -0.25) is 14.7 Å². The van der Waals surface area contributed by atoms with Gasteiger partial charge in [0.05, 0.1) is 23.7 Å². The van der Waals surface area contributed by atoms with Crippen LogP contribution in [0.15, 0.2) is 36.9 Å². The van der Waals surface area contributed by atoms with Gasteiger partial charge in [-0.2, -0.15) is 13.2 Å². The Balaban J connectivity index is 1.45. The van der Waals surface area contributed by atoms with Crippen molar-refractivity contribution in [2.75, 3.05) is 38.2 Å². The SMILES string of the molecule is Cc1c(CN2CCOCC2)ccnc1Nc1ncc(-c2cncc(C(=O)NCC(F)(F)F)c2)s1. The lowest BCUT2D eigenvalue weighted by Crippen LogP contribution is -2.35. The number of aromatic nitrogens is 3. The van der Waals surface area contributed by atoms with Crippen LogP contribution < -0.4 is 10.6 Å². The fraction of sp³-hybridized carbons (Fsp3) is 0.364. The normalized spacial score (nSPS) is 14.7. The third-order valence-corrected chi connectivity index (χ3v) is 6.24. The largest absolute Gasteiger partial charge is 0.405 e. The minimum atomic E-state index is -4.48. The molecule has 8 nitrogen and oxygen atoms in total. The van der Waals surface area contributed by atoms with Crippen molar-refractivity contribution in [3.63, 3.8) is 0 Å². The quantitative estimate of drug-likeness (QED) is 0.519. The topological polar surface area (TPSA) is 92.3 Å². The standard InChI is InChI=1S/C22H23F3N6O2S/c1-14-15(12-31-4-6-33-7-5-31)2-3-27-19(14)30-21-28-11-18(34-21)16-8-17(10-26-9-16)20(32)29-13-22(23,24)25/h2-3,8-11H,4-7,12-13H2,1H3,(H,29,32)(H,27,28,30). The third-order valence-electron chi connectivity index (χ3n) is 5.28. The maximum absolute atomic E-state index is 12.4. The van der Waals surface area contributed by atoms with Crippen molar-refractivity contribution in [1.29, 1.82) is 0 Å². The molecule has 0 bridgehead atoms. The molecule has 1 fully saturated rings. The van der Waals surface area contributed by atoms with E-state index in [4.69, 9.17) is 4.74 Å². The van der Waals surface area contributed by atoms with Crippen molar-refractivity contribution in [2.24, 2.45) is 0 Å². The van der Waals surface area contributed by atoms with Crippen molar-refractivity contribution < 1.29 is 22.7 Å². The van der Waals surface area contributed by atoms with E-state index in [0.717, 1.165) is 44.0 Å². The Morgan fingerprint density at radius 2 is 2.00 bits per heavy atom. The third kappa shape index (κ3) is 6.27. The summed E-state index contributed by atoms with van der Waals surface area (Å²) in [5.41, 5.74) is 2.81. The number of nitrogens with one attached hydrogen (secondary N) is 2. The van der Waals surface area contributed by atoms with E-state index >= 15 is 0 Å². The van der Waals surface area contributed by atoms with Gasteiger partial charge in [-0.1, -0.05) is 11.3 Å². The van der Waals surface area contributed by atoms with Crippen LogP contribution in [0.5, 0.6) is 0 Å². The van der Waals surface area contributed by atoms with Crippen LogP contribution >= 0.6 is 11.3 Å². The van der Waals surface area contributed by atoms with Gasteiger partial charge in [-0.05, 0) is 30.2 Å². The average Bonchev–Trinajstić information content (AvgIpc) is 3.29. The predicted molar refractivity (Wildman–Crippen MR) is 122 cm³/mol. The molecule has 0 saturated carbocycles. The van der Waals surface area contributed by atoms with Gasteiger partial charge in [0, 0.05) is 50.0 Å². The highest BCUT2D eigenvalue weighted by molar-refractivity contribution is 7.18. The summed E-state index contributed by atoms with van der Waals surface area (Å²) in [5, 5.41) is 5.69. The number of carbonyl (C=O) groups is 1. The van der Waals surface area contributed by atoms with Gasteiger partial charge in [-0.25, -0.2) is 9.97 Å². The maximum Gasteiger partial charge on any atom is 0.405 e. The number of ether oxygens (including phenoxy) is 1. The monoisotopic (exact) mass is 492 g/mol. The molecule has 1 aliphatic heterocycles. The molecule has 0 unspecified atom stereocenters. The predicted octanol–water partition coefficient (Wildman–Crippen LogP) is 3.78. The summed E-state index contributed by atoms with van der Waals surface area (Å²) in [4.78, 5) is 27.9. The highest BCUT2D eigenvalue weighted by Crippen LogP contribution is 2.31. The Labute approximate surface area is 198 Å². The number of thiazole rings is 1. The van der Waals surface area contributed by atoms with Crippen LogP contribution in [-0.2, 0) is 11.3 Å². The second-order valence-corrected chi connectivity index (χ2v) is 8.78. The van der Waals surface area contributed by atoms with Crippen molar-refractivity contribution >= 4 is 28.2 Å². The highest BCUT2D eigenvalue weighted by Gasteiger charge is 2.28. The van der Waals surface area contributed by atoms with Gasteiger partial charge in [0.15, 0.2) is 5.13 Å². The molecular formula is C22H23F3N6O2S. The number of pyridine rings is 2. The first-order valence-corrected chi connectivity index (χ1v) is 11.4. The average molecular weight is 493 g/mol. The summed E-state index contributed by atoms with van der Waals surface area (Å²) >= 11 is 1.33. The molecule has 12 heteroatoms. The lowest BCUT2D eigenvalue weighted by atomic mass is 10.1. The number of rotatable bonds is 7. The fourth-order valence-electron chi connectivity index (χ4n) is 3.42. The number of alkyl halides is 3. The van der Waals surface area contributed by atoms with E-state index in [-0.39, 0.29) is 5.56 Å². The number of halogens is 3. The van der Waals surface area contributed by atoms with E-state index in [9.17, 15) is 18.0 Å². The smallest absolute Gasteiger partial charge is 0.379 e. The first-order valence-electron chi connectivity index (χ1n) is 10.6. The van der Waals surface area contributed by atoms with Crippen LogP contribution in [0.4, 0.5) is 24.1 Å². The van der Waals surface area contributed by atoms with Crippen molar-refractivity contribution in [3.05, 3.63) is 53.6 Å². The number of morpholine rings is 1. The Bertz CT molecular complexity index is 1150. The summed E-state index contributed by atoms with van der Waals surface area (Å²) in [7, 11) is 0. The van der Waals surface area contributed by atoms with Crippen LogP contribution in [0.1, 0.15) is 21.5 Å². The second-order valence-electron chi connectivity index (χ2n) is 7.75. The van der Waals surface area contributed by atoms with Crippen LogP contribution in [0, 0.1) is 6.92 Å². The summed E-state index contributed by atoms with van der Waals surface area (Å²) in [5.74, 6) is -0.142. The number of carbonyl (C=O) groups excluding carboxylic acids is 1. The van der Waals surface area contributed by atoms with Crippen LogP contribution in [0.25, 0.3) is 10.4 Å². The first-order chi connectivity index (χ1) is 16.3. The van der Waals surface area contributed by atoms with E-state index in [2.05, 4.69) is 25.2 Å². The molecule has 180 valence electrons. The lowest BCUT2D eigenvalue weighted by Gasteiger charge is -2.27. The van der Waals surface area contributed by atoms with Gasteiger partial charge < -0.3 is 15.4 Å². The molecule has 0 radical (unpaired) electrons. The molecule has 4 heterocycles. The second kappa shape index (κ2) is 10.5. The molecule has 1 saturated heterocycles. The Morgan fingerprint density at radius 3 is 2.76 bits per heavy atom. The summed E-state index contributed by atoms with van der Waals surface area (Å²) in [6.07, 6.45) is 1.65. The zero-order valence-corrected chi connectivity index (χ0v) is 19.2. The molecule has 0 atom stereocenters. The molecular weight excluding hydrogens is 469 g/mol. The van der Waals surface area contributed by atoms with Gasteiger partial charge >= 0.3 is 6.18 Å². The van der Waals surface area contributed by atoms with E-state index in [1.807, 2.05) is 18.3 Å². The van der Waals surface area contributed by atoms with Gasteiger partial charge in [0.1, 0.15) is 12.4 Å². The van der Waals surface area contributed by atoms with Crippen molar-refractivity contribution in [2.45, 2.75) is 19.6 Å². The van der Waals surface area contributed by atoms with Gasteiger partial charge in [0.25, 0.3) is 5.91 Å². The lowest BCUT2D eigenvalue weighted by molar-refractivity contribution is -0.123. The molecule has 3 aromatic heterocycles. The highest BCUT2D eigenvalue weighted by atomic mass is 32.1. The van der Waals surface area contributed by atoms with Gasteiger partial charge in [0.2, 0.25) is 0 Å². The zero-order valence-electron chi connectivity index (χ0n) is 18.4. The fourth-order valence-corrected chi connectivity index (χ4v) is 4.22. The van der Waals surface area contributed by atoms with E-state index in [1.165, 1.54) is 29.8 Å². The van der Waals surface area contributed by atoms with Gasteiger partial charge in [-0.15, -0.1) is 0 Å². The minimum Gasteiger partial charge on any atom is -0.379 e. The number of nitrogens with zero attached hydrogens (tertiary/aromatic N) is 4. The number of hydrogen-bond acceptors (Lipinski definition) is 8. The van der Waals surface area contributed by atoms with E-state index in [1.54, 1.807) is 12.4 Å². The molecule has 1 amide bonds. The molecule has 0 aliphatic carbocycles. The molecule has 2 N–H and O–H groups in total. The van der Waals surface area contributed by atoms with E-state index in [0.29, 0.717) is 21.4 Å². The van der Waals surface area contributed by atoms with Crippen LogP contribution in [-0.4, -0.2) is 64.8 Å². The maximum atomic E-state index is 12.4. The molecule has 3 aromatic rings. The number of anilines is 2. The summed E-state index contributed by atoms with van der Waals surface area (Å²) in [6.45, 7) is 4.66. The molecule has 1 aliphatic rings. The van der Waals surface area contributed by atoms with Crippen LogP contribution in [0.3, 0.4) is 0 Å². The molecule has 0 spiro atoms. The summed E-state index contributed by atoms with van der Waals surface area (Å²) in [6, 6.07) is 3.49. The number of hydrogen-bond donors (Lipinski definition) is 2. The van der Waals surface area contributed by atoms with E-state index < -0.39 is 18.6 Å². The first kappa shape index (κ1) is 24.0. The number of amides is 1. The Kier molecular flexibility index (Phi) is 7.39. The Morgan fingerprint density at radius 1 is 1.21 bits per heavy atom. The summed E-state index contributed by atoms with van der Waals surface area (Å²) < 4.78 is 42.5.